The van der Waals surface area contributed by atoms with Gasteiger partial charge in [-0.1, -0.05) is 109 Å². The molecule has 0 saturated carbocycles. The summed E-state index contributed by atoms with van der Waals surface area (Å²) >= 11 is 0. The molecule has 4 heteroatoms. The maximum atomic E-state index is 14.0. The monoisotopic (exact) mass is 446 g/mol. The largest absolute Gasteiger partial charge is 0.368 e. The summed E-state index contributed by atoms with van der Waals surface area (Å²) in [4.78, 5) is 26.9. The lowest BCUT2D eigenvalue weighted by Gasteiger charge is -2.33. The Bertz CT molecular complexity index is 1260. The molecule has 4 aromatic carbocycles. The fraction of sp³-hybridized carbons (Fsp3) is 0.133. The van der Waals surface area contributed by atoms with Gasteiger partial charge in [0.2, 0.25) is 11.8 Å². The molecule has 0 saturated heterocycles. The maximum absolute atomic E-state index is 14.0. The minimum atomic E-state index is -1.01. The summed E-state index contributed by atoms with van der Waals surface area (Å²) in [6, 6.07) is 34.3. The molecule has 0 spiro atoms. The van der Waals surface area contributed by atoms with Crippen LogP contribution in [-0.2, 0) is 15.0 Å². The van der Waals surface area contributed by atoms with Gasteiger partial charge in [-0.3, -0.25) is 9.59 Å². The zero-order chi connectivity index (χ0) is 23.7. The Kier molecular flexibility index (Phi) is 5.50. The normalized spacial score (nSPS) is 13.6. The van der Waals surface area contributed by atoms with Gasteiger partial charge in [-0.05, 0) is 40.3 Å². The van der Waals surface area contributed by atoms with Crippen LogP contribution >= 0.6 is 0 Å². The number of hydrogen-bond donors (Lipinski definition) is 2. The highest BCUT2D eigenvalue weighted by molar-refractivity contribution is 5.96. The van der Waals surface area contributed by atoms with E-state index in [4.69, 9.17) is 5.73 Å². The number of hydrogen-bond acceptors (Lipinski definition) is 2. The van der Waals surface area contributed by atoms with E-state index in [1.165, 1.54) is 0 Å². The van der Waals surface area contributed by atoms with Crippen molar-refractivity contribution < 1.29 is 9.59 Å². The molecule has 1 aliphatic rings. The number of benzene rings is 4. The SMILES string of the molecule is CC(C(=O)N[C@@H](C(N)=O)C1c2ccccc2-c2ccccc21)(c1ccccc1)c1ccccc1. The third-order valence-corrected chi connectivity index (χ3v) is 6.96. The van der Waals surface area contributed by atoms with E-state index in [0.717, 1.165) is 33.4 Å². The quantitative estimate of drug-likeness (QED) is 0.448. The number of primary amides is 1. The van der Waals surface area contributed by atoms with Crippen molar-refractivity contribution in [2.24, 2.45) is 5.73 Å². The number of nitrogens with one attached hydrogen (secondary N) is 1. The van der Waals surface area contributed by atoms with E-state index < -0.39 is 17.4 Å². The van der Waals surface area contributed by atoms with Crippen LogP contribution in [0.5, 0.6) is 0 Å². The summed E-state index contributed by atoms with van der Waals surface area (Å²) in [6.07, 6.45) is 0. The predicted molar refractivity (Wildman–Crippen MR) is 134 cm³/mol. The third kappa shape index (κ3) is 3.48. The van der Waals surface area contributed by atoms with Gasteiger partial charge in [0.25, 0.3) is 0 Å². The second-order valence-corrected chi connectivity index (χ2v) is 8.86. The van der Waals surface area contributed by atoms with Crippen molar-refractivity contribution in [2.75, 3.05) is 0 Å². The lowest BCUT2D eigenvalue weighted by atomic mass is 9.75. The highest BCUT2D eigenvalue weighted by Gasteiger charge is 2.43. The minimum Gasteiger partial charge on any atom is -0.368 e. The molecule has 4 nitrogen and oxygen atoms in total. The highest BCUT2D eigenvalue weighted by atomic mass is 16.2. The summed E-state index contributed by atoms with van der Waals surface area (Å²) in [5.74, 6) is -1.19. The Labute approximate surface area is 199 Å². The number of carbonyl (C=O) groups is 2. The van der Waals surface area contributed by atoms with Gasteiger partial charge in [0, 0.05) is 5.92 Å². The molecule has 0 radical (unpaired) electrons. The first-order valence-electron chi connectivity index (χ1n) is 11.4. The van der Waals surface area contributed by atoms with E-state index >= 15 is 0 Å². The molecule has 0 heterocycles. The molecule has 3 N–H and O–H groups in total. The summed E-state index contributed by atoms with van der Waals surface area (Å²) in [7, 11) is 0. The zero-order valence-electron chi connectivity index (χ0n) is 18.9. The van der Waals surface area contributed by atoms with Crippen LogP contribution in [0.1, 0.15) is 35.1 Å². The molecular formula is C30H26N2O2. The van der Waals surface area contributed by atoms with Gasteiger partial charge in [0.1, 0.15) is 6.04 Å². The van der Waals surface area contributed by atoms with Crippen LogP contribution in [0.25, 0.3) is 11.1 Å². The lowest BCUT2D eigenvalue weighted by molar-refractivity contribution is -0.130. The molecule has 0 bridgehead atoms. The van der Waals surface area contributed by atoms with Crippen molar-refractivity contribution in [3.8, 4) is 11.1 Å². The van der Waals surface area contributed by atoms with E-state index in [2.05, 4.69) is 5.32 Å². The summed E-state index contributed by atoms with van der Waals surface area (Å²) in [6.45, 7) is 1.89. The van der Waals surface area contributed by atoms with E-state index in [-0.39, 0.29) is 11.8 Å². The van der Waals surface area contributed by atoms with Crippen molar-refractivity contribution in [2.45, 2.75) is 24.3 Å². The van der Waals surface area contributed by atoms with E-state index in [1.807, 2.05) is 116 Å². The van der Waals surface area contributed by atoms with Crippen LogP contribution in [-0.4, -0.2) is 17.9 Å². The first-order chi connectivity index (χ1) is 16.5. The standard InChI is InChI=1S/C30H26N2O2/c1-30(20-12-4-2-5-13-20,21-14-6-3-7-15-21)29(34)32-27(28(31)33)26-24-18-10-8-16-22(24)23-17-9-11-19-25(23)26/h2-19,26-27H,1H3,(H2,31,33)(H,32,34)/t27-/m1/s1. The number of amides is 2. The minimum absolute atomic E-state index is 0.268. The fourth-order valence-electron chi connectivity index (χ4n) is 5.13. The molecule has 34 heavy (non-hydrogen) atoms. The first kappa shape index (κ1) is 21.7. The number of carbonyl (C=O) groups excluding carboxylic acids is 2. The summed E-state index contributed by atoms with van der Waals surface area (Å²) < 4.78 is 0. The maximum Gasteiger partial charge on any atom is 0.240 e. The molecule has 5 rings (SSSR count). The average Bonchev–Trinajstić information content (AvgIpc) is 3.21. The molecule has 4 aromatic rings. The van der Waals surface area contributed by atoms with Crippen LogP contribution < -0.4 is 11.1 Å². The molecule has 168 valence electrons. The van der Waals surface area contributed by atoms with E-state index in [1.54, 1.807) is 0 Å². The zero-order valence-corrected chi connectivity index (χ0v) is 18.9. The van der Waals surface area contributed by atoms with Gasteiger partial charge in [-0.15, -0.1) is 0 Å². The van der Waals surface area contributed by atoms with Gasteiger partial charge in [-0.2, -0.15) is 0 Å². The van der Waals surface area contributed by atoms with Crippen molar-refractivity contribution in [3.05, 3.63) is 131 Å². The van der Waals surface area contributed by atoms with Gasteiger partial charge in [0.15, 0.2) is 0 Å². The molecule has 0 unspecified atom stereocenters. The Balaban J connectivity index is 1.59. The first-order valence-corrected chi connectivity index (χ1v) is 11.4. The van der Waals surface area contributed by atoms with Crippen molar-refractivity contribution >= 4 is 11.8 Å². The van der Waals surface area contributed by atoms with Gasteiger partial charge < -0.3 is 11.1 Å². The van der Waals surface area contributed by atoms with Crippen LogP contribution in [0.4, 0.5) is 0 Å². The second-order valence-electron chi connectivity index (χ2n) is 8.86. The van der Waals surface area contributed by atoms with Crippen LogP contribution in [0.3, 0.4) is 0 Å². The number of fused-ring (bicyclic) bond motifs is 3. The smallest absolute Gasteiger partial charge is 0.240 e. The Hall–Kier alpha value is -4.18. The number of nitrogens with two attached hydrogens (primary N) is 1. The molecular weight excluding hydrogens is 420 g/mol. The Morgan fingerprint density at radius 2 is 1.12 bits per heavy atom. The van der Waals surface area contributed by atoms with Gasteiger partial charge >= 0.3 is 0 Å². The summed E-state index contributed by atoms with van der Waals surface area (Å²) in [5, 5.41) is 3.06. The topological polar surface area (TPSA) is 72.2 Å². The van der Waals surface area contributed by atoms with Crippen molar-refractivity contribution in [3.63, 3.8) is 0 Å². The van der Waals surface area contributed by atoms with Crippen molar-refractivity contribution in [1.29, 1.82) is 0 Å². The van der Waals surface area contributed by atoms with Crippen LogP contribution in [0.2, 0.25) is 0 Å². The fourth-order valence-corrected chi connectivity index (χ4v) is 5.13. The molecule has 2 amide bonds. The summed E-state index contributed by atoms with van der Waals surface area (Å²) in [5.41, 5.74) is 10.7. The van der Waals surface area contributed by atoms with Crippen LogP contribution in [0, 0.1) is 0 Å². The van der Waals surface area contributed by atoms with E-state index in [0.29, 0.717) is 0 Å². The average molecular weight is 447 g/mol. The molecule has 0 aliphatic heterocycles. The Morgan fingerprint density at radius 3 is 1.56 bits per heavy atom. The van der Waals surface area contributed by atoms with Crippen molar-refractivity contribution in [1.82, 2.24) is 5.32 Å². The lowest BCUT2D eigenvalue weighted by Crippen LogP contribution is -2.54. The predicted octanol–water partition coefficient (Wildman–Crippen LogP) is 4.78. The highest BCUT2D eigenvalue weighted by Crippen LogP contribution is 2.46. The molecule has 1 atom stereocenters. The van der Waals surface area contributed by atoms with E-state index in [9.17, 15) is 9.59 Å². The molecule has 0 aromatic heterocycles. The third-order valence-electron chi connectivity index (χ3n) is 6.96. The van der Waals surface area contributed by atoms with Gasteiger partial charge in [-0.25, -0.2) is 0 Å². The molecule has 1 aliphatic carbocycles. The van der Waals surface area contributed by atoms with Gasteiger partial charge in [0.05, 0.1) is 5.41 Å². The number of rotatable bonds is 6. The Morgan fingerprint density at radius 1 is 0.706 bits per heavy atom. The molecule has 0 fully saturated rings. The van der Waals surface area contributed by atoms with Crippen LogP contribution in [0.15, 0.2) is 109 Å². The second kappa shape index (κ2) is 8.64.